The van der Waals surface area contributed by atoms with Crippen molar-refractivity contribution in [2.75, 3.05) is 0 Å². The Morgan fingerprint density at radius 3 is 2.13 bits per heavy atom. The van der Waals surface area contributed by atoms with E-state index in [1.807, 2.05) is 0 Å². The average Bonchev–Trinajstić information content (AvgIpc) is 2.14. The molecular formula is C10H7F3O2. The molecule has 0 unspecified atom stereocenters. The van der Waals surface area contributed by atoms with Crippen molar-refractivity contribution in [2.24, 2.45) is 0 Å². The van der Waals surface area contributed by atoms with Gasteiger partial charge < -0.3 is 5.11 Å². The summed E-state index contributed by atoms with van der Waals surface area (Å²) in [4.78, 5) is 10.4. The molecule has 0 saturated heterocycles. The minimum Gasteiger partial charge on any atom is -0.478 e. The van der Waals surface area contributed by atoms with Crippen LogP contribution in [-0.2, 0) is 0 Å². The van der Waals surface area contributed by atoms with Crippen LogP contribution in [0.2, 0.25) is 0 Å². The maximum atomic E-state index is 11.8. The molecule has 0 aliphatic carbocycles. The zero-order valence-corrected chi connectivity index (χ0v) is 7.45. The summed E-state index contributed by atoms with van der Waals surface area (Å²) in [5.41, 5.74) is 0.344. The molecule has 0 heterocycles. The summed E-state index contributed by atoms with van der Waals surface area (Å²) in [6.45, 7) is 0. The van der Waals surface area contributed by atoms with Crippen molar-refractivity contribution in [3.8, 4) is 0 Å². The third-order valence-corrected chi connectivity index (χ3v) is 1.62. The Morgan fingerprint density at radius 2 is 1.73 bits per heavy atom. The van der Waals surface area contributed by atoms with Crippen LogP contribution in [0.15, 0.2) is 30.3 Å². The van der Waals surface area contributed by atoms with E-state index < -0.39 is 12.1 Å². The molecule has 0 aliphatic rings. The van der Waals surface area contributed by atoms with Gasteiger partial charge in [0, 0.05) is 6.08 Å². The molecule has 2 nitrogen and oxygen atoms in total. The van der Waals surface area contributed by atoms with Gasteiger partial charge in [0.05, 0.1) is 5.56 Å². The van der Waals surface area contributed by atoms with Crippen LogP contribution >= 0.6 is 0 Å². The smallest absolute Gasteiger partial charge is 0.409 e. The van der Waals surface area contributed by atoms with Crippen molar-refractivity contribution >= 4 is 12.0 Å². The monoisotopic (exact) mass is 216 g/mol. The Hall–Kier alpha value is -1.78. The lowest BCUT2D eigenvalue weighted by Gasteiger charge is -1.98. The standard InChI is InChI=1S/C10H7F3O2/c11-10(12,13)6-5-7-1-3-8(4-2-7)9(14)15/h1-6H,(H,14,15)/b6-5+. The third-order valence-electron chi connectivity index (χ3n) is 1.62. The number of carboxylic acid groups (broad SMARTS) is 1. The molecule has 1 aromatic rings. The fourth-order valence-electron chi connectivity index (χ4n) is 0.928. The SMILES string of the molecule is O=C(O)c1ccc(/C=C/C(F)(F)F)cc1. The fraction of sp³-hybridized carbons (Fsp3) is 0.100. The van der Waals surface area contributed by atoms with Gasteiger partial charge in [-0.1, -0.05) is 18.2 Å². The molecule has 0 bridgehead atoms. The van der Waals surface area contributed by atoms with Gasteiger partial charge in [-0.2, -0.15) is 13.2 Å². The molecule has 5 heteroatoms. The van der Waals surface area contributed by atoms with Crippen LogP contribution in [0.25, 0.3) is 6.08 Å². The summed E-state index contributed by atoms with van der Waals surface area (Å²) in [5, 5.41) is 8.54. The lowest BCUT2D eigenvalue weighted by Crippen LogP contribution is -2.00. The molecule has 0 atom stereocenters. The van der Waals surface area contributed by atoms with E-state index in [0.29, 0.717) is 5.56 Å². The molecule has 80 valence electrons. The molecule has 0 fully saturated rings. The minimum atomic E-state index is -4.36. The Bertz CT molecular complexity index is 377. The van der Waals surface area contributed by atoms with Gasteiger partial charge in [-0.3, -0.25) is 0 Å². The zero-order chi connectivity index (χ0) is 11.5. The van der Waals surface area contributed by atoms with E-state index in [0.717, 1.165) is 6.08 Å². The van der Waals surface area contributed by atoms with Crippen LogP contribution in [0.5, 0.6) is 0 Å². The van der Waals surface area contributed by atoms with E-state index in [2.05, 4.69) is 0 Å². The molecular weight excluding hydrogens is 209 g/mol. The van der Waals surface area contributed by atoms with Gasteiger partial charge in [0.25, 0.3) is 0 Å². The van der Waals surface area contributed by atoms with Crippen LogP contribution in [0.3, 0.4) is 0 Å². The van der Waals surface area contributed by atoms with Gasteiger partial charge in [-0.25, -0.2) is 4.79 Å². The second-order valence-corrected chi connectivity index (χ2v) is 2.80. The summed E-state index contributed by atoms with van der Waals surface area (Å²) in [5.74, 6) is -1.11. The highest BCUT2D eigenvalue weighted by atomic mass is 19.4. The predicted octanol–water partition coefficient (Wildman–Crippen LogP) is 2.96. The molecule has 0 aliphatic heterocycles. The summed E-state index contributed by atoms with van der Waals surface area (Å²) in [7, 11) is 0. The average molecular weight is 216 g/mol. The number of rotatable bonds is 2. The summed E-state index contributed by atoms with van der Waals surface area (Å²) in [6, 6.07) is 5.12. The van der Waals surface area contributed by atoms with Crippen LogP contribution in [-0.4, -0.2) is 17.3 Å². The predicted molar refractivity (Wildman–Crippen MR) is 48.5 cm³/mol. The normalized spacial score (nSPS) is 11.9. The van der Waals surface area contributed by atoms with Crippen molar-refractivity contribution in [3.05, 3.63) is 41.5 Å². The van der Waals surface area contributed by atoms with Crippen molar-refractivity contribution in [3.63, 3.8) is 0 Å². The first kappa shape index (κ1) is 11.3. The highest BCUT2D eigenvalue weighted by Crippen LogP contribution is 2.18. The number of carboxylic acids is 1. The van der Waals surface area contributed by atoms with Crippen LogP contribution in [0.4, 0.5) is 13.2 Å². The number of carbonyl (C=O) groups is 1. The first-order valence-corrected chi connectivity index (χ1v) is 3.98. The molecule has 1 N–H and O–H groups in total. The highest BCUT2D eigenvalue weighted by Gasteiger charge is 2.21. The Balaban J connectivity index is 2.82. The lowest BCUT2D eigenvalue weighted by molar-refractivity contribution is -0.0790. The maximum Gasteiger partial charge on any atom is 0.409 e. The van der Waals surface area contributed by atoms with E-state index in [4.69, 9.17) is 5.11 Å². The second-order valence-electron chi connectivity index (χ2n) is 2.80. The largest absolute Gasteiger partial charge is 0.478 e. The van der Waals surface area contributed by atoms with Crippen molar-refractivity contribution < 1.29 is 23.1 Å². The van der Waals surface area contributed by atoms with Crippen molar-refractivity contribution in [1.29, 1.82) is 0 Å². The first-order valence-electron chi connectivity index (χ1n) is 3.98. The van der Waals surface area contributed by atoms with E-state index in [1.54, 1.807) is 0 Å². The molecule has 0 saturated carbocycles. The van der Waals surface area contributed by atoms with Gasteiger partial charge in [-0.05, 0) is 17.7 Å². The summed E-state index contributed by atoms with van der Waals surface area (Å²) in [6.07, 6.45) is -3.38. The number of benzene rings is 1. The number of hydrogen-bond acceptors (Lipinski definition) is 1. The van der Waals surface area contributed by atoms with Gasteiger partial charge in [0.2, 0.25) is 0 Å². The second kappa shape index (κ2) is 4.16. The third kappa shape index (κ3) is 3.84. The van der Waals surface area contributed by atoms with Crippen molar-refractivity contribution in [1.82, 2.24) is 0 Å². The Morgan fingerprint density at radius 1 is 1.20 bits per heavy atom. The topological polar surface area (TPSA) is 37.3 Å². The van der Waals surface area contributed by atoms with Crippen LogP contribution in [0.1, 0.15) is 15.9 Å². The molecule has 15 heavy (non-hydrogen) atoms. The molecule has 0 spiro atoms. The van der Waals surface area contributed by atoms with Gasteiger partial charge in [0.15, 0.2) is 0 Å². The van der Waals surface area contributed by atoms with E-state index in [1.165, 1.54) is 24.3 Å². The number of allylic oxidation sites excluding steroid dienone is 1. The van der Waals surface area contributed by atoms with Gasteiger partial charge in [0.1, 0.15) is 0 Å². The minimum absolute atomic E-state index is 0.0409. The lowest BCUT2D eigenvalue weighted by atomic mass is 10.1. The number of halogens is 3. The van der Waals surface area contributed by atoms with Crippen LogP contribution in [0, 0.1) is 0 Å². The highest BCUT2D eigenvalue weighted by molar-refractivity contribution is 5.87. The Kier molecular flexibility index (Phi) is 3.14. The van der Waals surface area contributed by atoms with Gasteiger partial charge in [-0.15, -0.1) is 0 Å². The fourth-order valence-corrected chi connectivity index (χ4v) is 0.928. The summed E-state index contributed by atoms with van der Waals surface area (Å²) < 4.78 is 35.3. The quantitative estimate of drug-likeness (QED) is 0.825. The maximum absolute atomic E-state index is 11.8. The number of hydrogen-bond donors (Lipinski definition) is 1. The van der Waals surface area contributed by atoms with Crippen molar-refractivity contribution in [2.45, 2.75) is 6.18 Å². The number of alkyl halides is 3. The van der Waals surface area contributed by atoms with Gasteiger partial charge >= 0.3 is 12.1 Å². The number of aromatic carboxylic acids is 1. The summed E-state index contributed by atoms with van der Waals surface area (Å²) >= 11 is 0. The molecule has 0 amide bonds. The van der Waals surface area contributed by atoms with E-state index in [9.17, 15) is 18.0 Å². The van der Waals surface area contributed by atoms with Crippen LogP contribution < -0.4 is 0 Å². The molecule has 1 rings (SSSR count). The molecule has 0 aromatic heterocycles. The molecule has 0 radical (unpaired) electrons. The molecule has 1 aromatic carbocycles. The first-order chi connectivity index (χ1) is 6.88. The van der Waals surface area contributed by atoms with E-state index in [-0.39, 0.29) is 11.6 Å². The Labute approximate surface area is 83.7 Å². The zero-order valence-electron chi connectivity index (χ0n) is 7.45. The van der Waals surface area contributed by atoms with E-state index >= 15 is 0 Å².